The van der Waals surface area contributed by atoms with Crippen molar-refractivity contribution < 1.29 is 23.3 Å². The Bertz CT molecular complexity index is 1220. The lowest BCUT2D eigenvalue weighted by molar-refractivity contribution is 0.355. The van der Waals surface area contributed by atoms with Crippen molar-refractivity contribution in [2.75, 3.05) is 26.6 Å². The number of pyridine rings is 1. The number of nitrogens with zero attached hydrogens (tertiary/aromatic N) is 1. The fourth-order valence-electron chi connectivity index (χ4n) is 3.19. The number of ether oxygens (including phenoxy) is 4. The Morgan fingerprint density at radius 3 is 2.03 bits per heavy atom. The van der Waals surface area contributed by atoms with E-state index in [9.17, 15) is 0 Å². The van der Waals surface area contributed by atoms with Crippen LogP contribution in [-0.2, 0) is 0 Å². The van der Waals surface area contributed by atoms with E-state index in [-0.39, 0.29) is 11.6 Å². The first kappa shape index (κ1) is 20.3. The van der Waals surface area contributed by atoms with E-state index in [1.807, 2.05) is 36.4 Å². The summed E-state index contributed by atoms with van der Waals surface area (Å²) in [5, 5.41) is 3.45. The molecule has 1 N–H and O–H groups in total. The van der Waals surface area contributed by atoms with E-state index < -0.39 is 5.82 Å². The van der Waals surface area contributed by atoms with Gasteiger partial charge in [0.15, 0.2) is 34.6 Å². The lowest BCUT2D eigenvalue weighted by atomic mass is 10.1. The Labute approximate surface area is 179 Å². The van der Waals surface area contributed by atoms with E-state index in [0.717, 1.165) is 0 Å². The van der Waals surface area contributed by atoms with Gasteiger partial charge in [-0.2, -0.15) is 4.39 Å². The molecule has 0 bridgehead atoms. The third-order valence-corrected chi connectivity index (χ3v) is 4.70. The minimum absolute atomic E-state index is 0.00566. The predicted molar refractivity (Wildman–Crippen MR) is 118 cm³/mol. The van der Waals surface area contributed by atoms with E-state index in [4.69, 9.17) is 18.9 Å². The third kappa shape index (κ3) is 4.02. The summed E-state index contributed by atoms with van der Waals surface area (Å²) in [6.07, 6.45) is 0. The Hall–Kier alpha value is -4.00. The summed E-state index contributed by atoms with van der Waals surface area (Å²) < 4.78 is 37.8. The topological polar surface area (TPSA) is 61.8 Å². The molecule has 0 saturated heterocycles. The van der Waals surface area contributed by atoms with Crippen molar-refractivity contribution in [3.63, 3.8) is 0 Å². The van der Waals surface area contributed by atoms with Gasteiger partial charge in [-0.05, 0) is 30.3 Å². The molecule has 0 aliphatic rings. The molecule has 0 unspecified atom stereocenters. The molecular formula is C24H21FN2O4. The number of aromatic nitrogens is 1. The highest BCUT2D eigenvalue weighted by atomic mass is 19.1. The molecule has 0 aliphatic carbocycles. The van der Waals surface area contributed by atoms with Gasteiger partial charge in [-0.25, -0.2) is 4.98 Å². The number of benzene rings is 3. The summed E-state index contributed by atoms with van der Waals surface area (Å²) in [7, 11) is 4.57. The molecule has 1 aromatic heterocycles. The van der Waals surface area contributed by atoms with Gasteiger partial charge in [0.2, 0.25) is 5.82 Å². The van der Waals surface area contributed by atoms with Gasteiger partial charge < -0.3 is 24.3 Å². The molecule has 4 aromatic rings. The fourth-order valence-corrected chi connectivity index (χ4v) is 3.19. The third-order valence-electron chi connectivity index (χ3n) is 4.70. The molecular weight excluding hydrogens is 399 g/mol. The maximum Gasteiger partial charge on any atom is 0.208 e. The number of nitrogens with one attached hydrogen (secondary N) is 1. The van der Waals surface area contributed by atoms with Crippen LogP contribution in [0, 0.1) is 5.82 Å². The monoisotopic (exact) mass is 420 g/mol. The van der Waals surface area contributed by atoms with Gasteiger partial charge in [-0.1, -0.05) is 30.3 Å². The van der Waals surface area contributed by atoms with Gasteiger partial charge in [0.1, 0.15) is 0 Å². The van der Waals surface area contributed by atoms with Crippen LogP contribution in [-0.4, -0.2) is 26.3 Å². The van der Waals surface area contributed by atoms with Crippen molar-refractivity contribution in [1.82, 2.24) is 4.98 Å². The second kappa shape index (κ2) is 8.79. The number of hydrogen-bond donors (Lipinski definition) is 1. The summed E-state index contributed by atoms with van der Waals surface area (Å²) in [5.41, 5.74) is 1.17. The van der Waals surface area contributed by atoms with Gasteiger partial charge in [0.05, 0.1) is 32.2 Å². The Kier molecular flexibility index (Phi) is 5.75. The average molecular weight is 420 g/mol. The van der Waals surface area contributed by atoms with Crippen molar-refractivity contribution in [2.24, 2.45) is 0 Å². The minimum Gasteiger partial charge on any atom is -0.493 e. The zero-order chi connectivity index (χ0) is 21.8. The first-order valence-corrected chi connectivity index (χ1v) is 9.52. The van der Waals surface area contributed by atoms with Crippen LogP contribution in [0.5, 0.6) is 28.7 Å². The normalized spacial score (nSPS) is 10.6. The quantitative estimate of drug-likeness (QED) is 0.400. The van der Waals surface area contributed by atoms with Crippen molar-refractivity contribution in [1.29, 1.82) is 0 Å². The van der Waals surface area contributed by atoms with Crippen LogP contribution in [0.4, 0.5) is 15.9 Å². The van der Waals surface area contributed by atoms with E-state index in [1.54, 1.807) is 30.3 Å². The molecule has 0 radical (unpaired) electrons. The van der Waals surface area contributed by atoms with Gasteiger partial charge in [0.25, 0.3) is 0 Å². The van der Waals surface area contributed by atoms with Crippen LogP contribution in [0.25, 0.3) is 10.9 Å². The lowest BCUT2D eigenvalue weighted by Gasteiger charge is -2.17. The maximum atomic E-state index is 15.7. The highest BCUT2D eigenvalue weighted by molar-refractivity contribution is 5.91. The van der Waals surface area contributed by atoms with Crippen LogP contribution in [0.15, 0.2) is 66.7 Å². The van der Waals surface area contributed by atoms with Gasteiger partial charge in [0, 0.05) is 11.8 Å². The molecule has 0 saturated carbocycles. The van der Waals surface area contributed by atoms with Crippen LogP contribution in [0.1, 0.15) is 0 Å². The molecule has 31 heavy (non-hydrogen) atoms. The highest BCUT2D eigenvalue weighted by Gasteiger charge is 2.21. The predicted octanol–water partition coefficient (Wildman–Crippen LogP) is 5.94. The summed E-state index contributed by atoms with van der Waals surface area (Å²) in [4.78, 5) is 4.47. The second-order valence-corrected chi connectivity index (χ2v) is 6.57. The lowest BCUT2D eigenvalue weighted by Crippen LogP contribution is -2.02. The molecule has 4 rings (SSSR count). The summed E-state index contributed by atoms with van der Waals surface area (Å²) >= 11 is 0. The molecule has 7 heteroatoms. The molecule has 0 aliphatic heterocycles. The van der Waals surface area contributed by atoms with Gasteiger partial charge in [-0.3, -0.25) is 0 Å². The summed E-state index contributed by atoms with van der Waals surface area (Å²) in [6.45, 7) is 0. The fraction of sp³-hybridized carbons (Fsp3) is 0.125. The molecule has 0 amide bonds. The number of anilines is 2. The van der Waals surface area contributed by atoms with Crippen molar-refractivity contribution in [3.8, 4) is 28.7 Å². The SMILES string of the molecule is COc1cc2nc(Nc3ccccc3)c(F)c(Oc3ccccc3OC)c2cc1OC. The van der Waals surface area contributed by atoms with Gasteiger partial charge >= 0.3 is 0 Å². The molecule has 1 heterocycles. The molecule has 0 fully saturated rings. The zero-order valence-corrected chi connectivity index (χ0v) is 17.3. The first-order chi connectivity index (χ1) is 15.1. The van der Waals surface area contributed by atoms with Gasteiger partial charge in [-0.15, -0.1) is 0 Å². The number of fused-ring (bicyclic) bond motifs is 1. The molecule has 0 atom stereocenters. The maximum absolute atomic E-state index is 15.7. The van der Waals surface area contributed by atoms with E-state index in [2.05, 4.69) is 10.3 Å². The molecule has 158 valence electrons. The van der Waals surface area contributed by atoms with Crippen LogP contribution in [0.3, 0.4) is 0 Å². The van der Waals surface area contributed by atoms with E-state index in [1.165, 1.54) is 21.3 Å². The van der Waals surface area contributed by atoms with Crippen LogP contribution >= 0.6 is 0 Å². The van der Waals surface area contributed by atoms with Crippen molar-refractivity contribution in [3.05, 3.63) is 72.5 Å². The summed E-state index contributed by atoms with van der Waals surface area (Å²) in [6, 6.07) is 19.6. The van der Waals surface area contributed by atoms with Crippen molar-refractivity contribution in [2.45, 2.75) is 0 Å². The zero-order valence-electron chi connectivity index (χ0n) is 17.3. The average Bonchev–Trinajstić information content (AvgIpc) is 2.81. The largest absolute Gasteiger partial charge is 0.493 e. The Balaban J connectivity index is 1.92. The smallest absolute Gasteiger partial charge is 0.208 e. The molecule has 0 spiro atoms. The number of hydrogen-bond acceptors (Lipinski definition) is 6. The number of para-hydroxylation sites is 3. The number of halogens is 1. The van der Waals surface area contributed by atoms with Crippen LogP contribution < -0.4 is 24.3 Å². The summed E-state index contributed by atoms with van der Waals surface area (Å²) in [5.74, 6) is 1.13. The Morgan fingerprint density at radius 1 is 0.742 bits per heavy atom. The first-order valence-electron chi connectivity index (χ1n) is 9.52. The van der Waals surface area contributed by atoms with E-state index >= 15 is 4.39 Å². The van der Waals surface area contributed by atoms with Crippen LogP contribution in [0.2, 0.25) is 0 Å². The minimum atomic E-state index is -0.644. The highest BCUT2D eigenvalue weighted by Crippen LogP contribution is 2.42. The second-order valence-electron chi connectivity index (χ2n) is 6.57. The molecule has 6 nitrogen and oxygen atoms in total. The number of rotatable bonds is 7. The Morgan fingerprint density at radius 2 is 1.35 bits per heavy atom. The number of methoxy groups -OCH3 is 3. The molecule has 3 aromatic carbocycles. The standard InChI is InChI=1S/C24H21FN2O4/c1-28-18-11-7-8-12-19(18)31-23-16-13-20(29-2)21(30-3)14-17(16)27-24(22(23)25)26-15-9-5-4-6-10-15/h4-14H,1-3H3,(H,26,27). The van der Waals surface area contributed by atoms with E-state index in [0.29, 0.717) is 39.6 Å². The van der Waals surface area contributed by atoms with Crippen molar-refractivity contribution >= 4 is 22.4 Å².